The van der Waals surface area contributed by atoms with Crippen molar-refractivity contribution in [3.05, 3.63) is 102 Å². The topological polar surface area (TPSA) is 71.1 Å². The Morgan fingerprint density at radius 3 is 1.98 bits per heavy atom. The SMILES string of the molecule is COc1ccc(CN2CCN(c3cc(F)c(NS(=O)(=O)c4ccc(-c5ccccc5)cc4)c(F)c3)CC2)cc1OC. The molecule has 41 heavy (non-hydrogen) atoms. The summed E-state index contributed by atoms with van der Waals surface area (Å²) in [7, 11) is -1.02. The molecule has 5 rings (SSSR count). The van der Waals surface area contributed by atoms with Crippen LogP contribution < -0.4 is 19.1 Å². The first-order chi connectivity index (χ1) is 19.8. The highest BCUT2D eigenvalue weighted by molar-refractivity contribution is 7.92. The molecule has 0 bridgehead atoms. The monoisotopic (exact) mass is 579 g/mol. The third kappa shape index (κ3) is 6.44. The Hall–Kier alpha value is -4.15. The molecule has 0 radical (unpaired) electrons. The van der Waals surface area contributed by atoms with Gasteiger partial charge in [0.15, 0.2) is 23.1 Å². The molecule has 0 unspecified atom stereocenters. The number of ether oxygens (including phenoxy) is 2. The fraction of sp³-hybridized carbons (Fsp3) is 0.226. The van der Waals surface area contributed by atoms with Crippen LogP contribution in [0.5, 0.6) is 11.5 Å². The molecule has 0 atom stereocenters. The zero-order chi connectivity index (χ0) is 29.0. The Balaban J connectivity index is 1.23. The van der Waals surface area contributed by atoms with Crippen LogP contribution in [0.1, 0.15) is 5.56 Å². The molecule has 214 valence electrons. The first-order valence-corrected chi connectivity index (χ1v) is 14.6. The first kappa shape index (κ1) is 28.4. The molecule has 1 aliphatic rings. The van der Waals surface area contributed by atoms with Gasteiger partial charge in [-0.05, 0) is 53.1 Å². The average molecular weight is 580 g/mol. The first-order valence-electron chi connectivity index (χ1n) is 13.1. The Labute approximate surface area is 239 Å². The molecule has 10 heteroatoms. The fourth-order valence-corrected chi connectivity index (χ4v) is 5.97. The molecule has 1 aliphatic heterocycles. The van der Waals surface area contributed by atoms with Crippen molar-refractivity contribution in [3.8, 4) is 22.6 Å². The summed E-state index contributed by atoms with van der Waals surface area (Å²) in [6.07, 6.45) is 0. The van der Waals surface area contributed by atoms with Crippen LogP contribution in [0, 0.1) is 11.6 Å². The van der Waals surface area contributed by atoms with Crippen LogP contribution in [0.3, 0.4) is 0 Å². The van der Waals surface area contributed by atoms with Crippen molar-refractivity contribution in [2.45, 2.75) is 11.4 Å². The Kier molecular flexibility index (Phi) is 8.41. The predicted octanol–water partition coefficient (Wildman–Crippen LogP) is 5.77. The smallest absolute Gasteiger partial charge is 0.262 e. The largest absolute Gasteiger partial charge is 0.493 e. The van der Waals surface area contributed by atoms with Gasteiger partial charge in [-0.25, -0.2) is 17.2 Å². The second-order valence-corrected chi connectivity index (χ2v) is 11.4. The zero-order valence-electron chi connectivity index (χ0n) is 22.8. The van der Waals surface area contributed by atoms with Crippen LogP contribution in [0.4, 0.5) is 20.2 Å². The Morgan fingerprint density at radius 2 is 1.37 bits per heavy atom. The summed E-state index contributed by atoms with van der Waals surface area (Å²) in [4.78, 5) is 4.04. The van der Waals surface area contributed by atoms with Crippen LogP contribution >= 0.6 is 0 Å². The molecule has 4 aromatic carbocycles. The maximum absolute atomic E-state index is 15.1. The van der Waals surface area contributed by atoms with E-state index in [4.69, 9.17) is 9.47 Å². The number of methoxy groups -OCH3 is 2. The van der Waals surface area contributed by atoms with Crippen molar-refractivity contribution in [1.29, 1.82) is 0 Å². The number of rotatable bonds is 9. The van der Waals surface area contributed by atoms with Crippen molar-refractivity contribution in [1.82, 2.24) is 4.90 Å². The van der Waals surface area contributed by atoms with Gasteiger partial charge in [0.2, 0.25) is 0 Å². The third-order valence-electron chi connectivity index (χ3n) is 7.13. The van der Waals surface area contributed by atoms with Gasteiger partial charge in [0, 0.05) is 38.4 Å². The second kappa shape index (κ2) is 12.2. The molecule has 0 saturated carbocycles. The highest BCUT2D eigenvalue weighted by Gasteiger charge is 2.23. The minimum atomic E-state index is -4.21. The number of anilines is 2. The molecule has 4 aromatic rings. The number of benzene rings is 4. The lowest BCUT2D eigenvalue weighted by Gasteiger charge is -2.36. The van der Waals surface area contributed by atoms with Gasteiger partial charge < -0.3 is 14.4 Å². The minimum Gasteiger partial charge on any atom is -0.493 e. The number of halogens is 2. The molecule has 1 saturated heterocycles. The number of nitrogens with zero attached hydrogens (tertiary/aromatic N) is 2. The van der Waals surface area contributed by atoms with E-state index in [1.165, 1.54) is 24.3 Å². The summed E-state index contributed by atoms with van der Waals surface area (Å²) >= 11 is 0. The van der Waals surface area contributed by atoms with E-state index in [1.807, 2.05) is 53.4 Å². The second-order valence-electron chi connectivity index (χ2n) is 9.73. The van der Waals surface area contributed by atoms with Crippen molar-refractivity contribution >= 4 is 21.4 Å². The normalized spacial score (nSPS) is 14.1. The summed E-state index contributed by atoms with van der Waals surface area (Å²) in [6, 6.07) is 23.7. The molecule has 0 aliphatic carbocycles. The molecule has 1 N–H and O–H groups in total. The van der Waals surface area contributed by atoms with Crippen LogP contribution in [0.15, 0.2) is 89.8 Å². The lowest BCUT2D eigenvalue weighted by Crippen LogP contribution is -2.46. The average Bonchev–Trinajstić information content (AvgIpc) is 2.99. The highest BCUT2D eigenvalue weighted by atomic mass is 32.2. The summed E-state index contributed by atoms with van der Waals surface area (Å²) in [5.41, 5.74) is 2.49. The van der Waals surface area contributed by atoms with E-state index in [2.05, 4.69) is 9.62 Å². The van der Waals surface area contributed by atoms with Crippen molar-refractivity contribution in [3.63, 3.8) is 0 Å². The van der Waals surface area contributed by atoms with Crippen molar-refractivity contribution in [2.24, 2.45) is 0 Å². The van der Waals surface area contributed by atoms with Gasteiger partial charge in [0.25, 0.3) is 10.0 Å². The standard InChI is InChI=1S/C31H31F2N3O4S/c1-39-29-13-8-22(18-30(29)40-2)21-35-14-16-36(17-15-35)25-19-27(32)31(28(33)20-25)34-41(37,38)26-11-9-24(10-12-26)23-6-4-3-5-7-23/h3-13,18-20,34H,14-17,21H2,1-2H3. The van der Waals surface area contributed by atoms with Crippen LogP contribution in [0.2, 0.25) is 0 Å². The van der Waals surface area contributed by atoms with Gasteiger partial charge >= 0.3 is 0 Å². The zero-order valence-corrected chi connectivity index (χ0v) is 23.6. The fourth-order valence-electron chi connectivity index (χ4n) is 4.89. The number of sulfonamides is 1. The molecular weight excluding hydrogens is 548 g/mol. The van der Waals surface area contributed by atoms with Gasteiger partial charge in [-0.3, -0.25) is 9.62 Å². The Morgan fingerprint density at radius 1 is 0.756 bits per heavy atom. The number of nitrogens with one attached hydrogen (secondary N) is 1. The summed E-state index contributed by atoms with van der Waals surface area (Å²) in [5.74, 6) is -0.624. The predicted molar refractivity (Wildman–Crippen MR) is 156 cm³/mol. The number of piperazine rings is 1. The van der Waals surface area contributed by atoms with Gasteiger partial charge in [-0.2, -0.15) is 0 Å². The molecule has 7 nitrogen and oxygen atoms in total. The van der Waals surface area contributed by atoms with E-state index in [0.717, 1.165) is 16.7 Å². The summed E-state index contributed by atoms with van der Waals surface area (Å²) in [5, 5.41) is 0. The molecule has 0 amide bonds. The summed E-state index contributed by atoms with van der Waals surface area (Å²) < 4.78 is 68.8. The lowest BCUT2D eigenvalue weighted by molar-refractivity contribution is 0.249. The minimum absolute atomic E-state index is 0.0920. The van der Waals surface area contributed by atoms with Gasteiger partial charge in [0.05, 0.1) is 19.1 Å². The van der Waals surface area contributed by atoms with Gasteiger partial charge in [0.1, 0.15) is 5.69 Å². The summed E-state index contributed by atoms with van der Waals surface area (Å²) in [6.45, 7) is 3.19. The lowest BCUT2D eigenvalue weighted by atomic mass is 10.1. The van der Waals surface area contributed by atoms with Crippen LogP contribution in [-0.2, 0) is 16.6 Å². The maximum Gasteiger partial charge on any atom is 0.262 e. The molecule has 0 aromatic heterocycles. The molecule has 0 spiro atoms. The number of hydrogen-bond acceptors (Lipinski definition) is 6. The Bertz CT molecular complexity index is 1590. The van der Waals surface area contributed by atoms with E-state index in [-0.39, 0.29) is 4.90 Å². The van der Waals surface area contributed by atoms with E-state index in [0.29, 0.717) is 49.9 Å². The molecular formula is C31H31F2N3O4S. The van der Waals surface area contributed by atoms with Crippen molar-refractivity contribution in [2.75, 3.05) is 50.0 Å². The molecule has 1 fully saturated rings. The highest BCUT2D eigenvalue weighted by Crippen LogP contribution is 2.31. The van der Waals surface area contributed by atoms with Gasteiger partial charge in [-0.15, -0.1) is 0 Å². The quantitative estimate of drug-likeness (QED) is 0.272. The van der Waals surface area contributed by atoms with Gasteiger partial charge in [-0.1, -0.05) is 48.5 Å². The van der Waals surface area contributed by atoms with E-state index in [9.17, 15) is 8.42 Å². The molecule has 1 heterocycles. The van der Waals surface area contributed by atoms with E-state index < -0.39 is 27.3 Å². The van der Waals surface area contributed by atoms with Crippen LogP contribution in [-0.4, -0.2) is 53.7 Å². The maximum atomic E-state index is 15.1. The van der Waals surface area contributed by atoms with Crippen LogP contribution in [0.25, 0.3) is 11.1 Å². The third-order valence-corrected chi connectivity index (χ3v) is 8.49. The van der Waals surface area contributed by atoms with E-state index in [1.54, 1.807) is 26.4 Å². The van der Waals surface area contributed by atoms with E-state index >= 15 is 8.78 Å². The number of hydrogen-bond donors (Lipinski definition) is 1. The van der Waals surface area contributed by atoms with Crippen molar-refractivity contribution < 1.29 is 26.7 Å².